The third kappa shape index (κ3) is 3.29. The zero-order chi connectivity index (χ0) is 16.2. The number of hydrogen-bond donors (Lipinski definition) is 2. The molecule has 2 N–H and O–H groups in total. The van der Waals surface area contributed by atoms with E-state index in [0.29, 0.717) is 0 Å². The molecule has 0 aliphatic carbocycles. The Bertz CT molecular complexity index is 802. The molecule has 3 heterocycles. The molecule has 3 aromatic rings. The molecule has 0 atom stereocenters. The van der Waals surface area contributed by atoms with Gasteiger partial charge in [0.15, 0.2) is 0 Å². The quantitative estimate of drug-likeness (QED) is 0.750. The second-order valence-corrected chi connectivity index (χ2v) is 6.53. The van der Waals surface area contributed by atoms with Crippen molar-refractivity contribution in [1.82, 2.24) is 15.3 Å². The standard InChI is InChI=1S/C20H24N4/c1-2-11-24(12-3-1)20-13-16(7-9-23-20)14-21-15-17-5-4-6-19-18(17)8-10-22-19/h4-10,13,21-22H,1-3,11-12,14-15H2. The van der Waals surface area contributed by atoms with E-state index in [9.17, 15) is 0 Å². The topological polar surface area (TPSA) is 44.0 Å². The summed E-state index contributed by atoms with van der Waals surface area (Å²) in [5.74, 6) is 1.13. The smallest absolute Gasteiger partial charge is 0.128 e. The van der Waals surface area contributed by atoms with Crippen molar-refractivity contribution in [3.8, 4) is 0 Å². The molecule has 24 heavy (non-hydrogen) atoms. The van der Waals surface area contributed by atoms with Gasteiger partial charge in [-0.3, -0.25) is 0 Å². The first-order valence-corrected chi connectivity index (χ1v) is 8.86. The summed E-state index contributed by atoms with van der Waals surface area (Å²) >= 11 is 0. The Kier molecular flexibility index (Phi) is 4.47. The zero-order valence-corrected chi connectivity index (χ0v) is 14.0. The van der Waals surface area contributed by atoms with Crippen molar-refractivity contribution in [1.29, 1.82) is 0 Å². The fraction of sp³-hybridized carbons (Fsp3) is 0.350. The van der Waals surface area contributed by atoms with E-state index >= 15 is 0 Å². The average molecular weight is 320 g/mol. The summed E-state index contributed by atoms with van der Waals surface area (Å²) in [4.78, 5) is 10.2. The number of aromatic amines is 1. The average Bonchev–Trinajstić information content (AvgIpc) is 3.12. The second kappa shape index (κ2) is 7.05. The van der Waals surface area contributed by atoms with Crippen LogP contribution < -0.4 is 10.2 Å². The van der Waals surface area contributed by atoms with Gasteiger partial charge in [0.25, 0.3) is 0 Å². The molecule has 1 aliphatic rings. The third-order valence-electron chi connectivity index (χ3n) is 4.82. The molecule has 124 valence electrons. The summed E-state index contributed by atoms with van der Waals surface area (Å²) in [5.41, 5.74) is 3.83. The number of benzene rings is 1. The van der Waals surface area contributed by atoms with Crippen LogP contribution in [0.2, 0.25) is 0 Å². The van der Waals surface area contributed by atoms with E-state index in [-0.39, 0.29) is 0 Å². The lowest BCUT2D eigenvalue weighted by molar-refractivity contribution is 0.573. The molecule has 0 radical (unpaired) electrons. The van der Waals surface area contributed by atoms with Crippen molar-refractivity contribution in [2.75, 3.05) is 18.0 Å². The molecule has 0 amide bonds. The number of aromatic nitrogens is 2. The first kappa shape index (κ1) is 15.2. The summed E-state index contributed by atoms with van der Waals surface area (Å²) in [6.07, 6.45) is 7.86. The van der Waals surface area contributed by atoms with Gasteiger partial charge in [-0.15, -0.1) is 0 Å². The van der Waals surface area contributed by atoms with Crippen LogP contribution in [0.25, 0.3) is 10.9 Å². The van der Waals surface area contributed by atoms with Gasteiger partial charge in [0.1, 0.15) is 5.82 Å². The van der Waals surface area contributed by atoms with Gasteiger partial charge in [-0.1, -0.05) is 12.1 Å². The van der Waals surface area contributed by atoms with E-state index < -0.39 is 0 Å². The second-order valence-electron chi connectivity index (χ2n) is 6.53. The predicted octanol–water partition coefficient (Wildman–Crippen LogP) is 3.84. The van der Waals surface area contributed by atoms with Crippen LogP contribution in [-0.4, -0.2) is 23.1 Å². The van der Waals surface area contributed by atoms with E-state index in [1.807, 2.05) is 12.4 Å². The SMILES string of the molecule is c1cc(CNCc2ccnc(N3CCCCC3)c2)c2cc[nH]c2c1. The maximum atomic E-state index is 4.56. The first-order chi connectivity index (χ1) is 11.9. The van der Waals surface area contributed by atoms with E-state index in [4.69, 9.17) is 0 Å². The van der Waals surface area contributed by atoms with Gasteiger partial charge in [0.05, 0.1) is 0 Å². The van der Waals surface area contributed by atoms with Crippen LogP contribution in [-0.2, 0) is 13.1 Å². The van der Waals surface area contributed by atoms with Crippen molar-refractivity contribution in [3.05, 3.63) is 59.9 Å². The molecular weight excluding hydrogens is 296 g/mol. The third-order valence-corrected chi connectivity index (χ3v) is 4.82. The minimum atomic E-state index is 0.865. The van der Waals surface area contributed by atoms with E-state index in [0.717, 1.165) is 32.0 Å². The Morgan fingerprint density at radius 2 is 1.96 bits per heavy atom. The summed E-state index contributed by atoms with van der Waals surface area (Å²) < 4.78 is 0. The van der Waals surface area contributed by atoms with Crippen molar-refractivity contribution in [2.45, 2.75) is 32.4 Å². The Balaban J connectivity index is 1.40. The van der Waals surface area contributed by atoms with E-state index in [1.165, 1.54) is 41.3 Å². The van der Waals surface area contributed by atoms with Crippen molar-refractivity contribution in [2.24, 2.45) is 0 Å². The largest absolute Gasteiger partial charge is 0.361 e. The Labute approximate surface area is 142 Å². The highest BCUT2D eigenvalue weighted by Gasteiger charge is 2.12. The van der Waals surface area contributed by atoms with Gasteiger partial charge in [-0.2, -0.15) is 0 Å². The fourth-order valence-corrected chi connectivity index (χ4v) is 3.51. The summed E-state index contributed by atoms with van der Waals surface area (Å²) in [7, 11) is 0. The van der Waals surface area contributed by atoms with Crippen molar-refractivity contribution < 1.29 is 0 Å². The Morgan fingerprint density at radius 3 is 2.88 bits per heavy atom. The summed E-state index contributed by atoms with van der Waals surface area (Å²) in [6, 6.07) is 12.9. The van der Waals surface area contributed by atoms with Gasteiger partial charge in [-0.05, 0) is 54.7 Å². The van der Waals surface area contributed by atoms with Gasteiger partial charge < -0.3 is 15.2 Å². The molecule has 0 bridgehead atoms. The van der Waals surface area contributed by atoms with Crippen molar-refractivity contribution >= 4 is 16.7 Å². The van der Waals surface area contributed by atoms with Crippen LogP contribution in [0.4, 0.5) is 5.82 Å². The number of nitrogens with one attached hydrogen (secondary N) is 2. The lowest BCUT2D eigenvalue weighted by Crippen LogP contribution is -2.30. The minimum absolute atomic E-state index is 0.865. The van der Waals surface area contributed by atoms with Gasteiger partial charge in [0, 0.05) is 49.5 Å². The number of fused-ring (bicyclic) bond motifs is 1. The maximum Gasteiger partial charge on any atom is 0.128 e. The number of pyridine rings is 1. The minimum Gasteiger partial charge on any atom is -0.361 e. The van der Waals surface area contributed by atoms with Crippen molar-refractivity contribution in [3.63, 3.8) is 0 Å². The maximum absolute atomic E-state index is 4.56. The number of piperidine rings is 1. The van der Waals surface area contributed by atoms with Crippen LogP contribution in [0.5, 0.6) is 0 Å². The van der Waals surface area contributed by atoms with Crippen LogP contribution in [0, 0.1) is 0 Å². The monoisotopic (exact) mass is 320 g/mol. The normalized spacial score (nSPS) is 15.1. The zero-order valence-electron chi connectivity index (χ0n) is 14.0. The molecule has 1 aromatic carbocycles. The summed E-state index contributed by atoms with van der Waals surface area (Å²) in [6.45, 7) is 4.01. The van der Waals surface area contributed by atoms with E-state index in [1.54, 1.807) is 0 Å². The molecule has 1 fully saturated rings. The van der Waals surface area contributed by atoms with Crippen LogP contribution in [0.15, 0.2) is 48.8 Å². The highest BCUT2D eigenvalue weighted by Crippen LogP contribution is 2.19. The van der Waals surface area contributed by atoms with E-state index in [2.05, 4.69) is 56.6 Å². The number of nitrogens with zero attached hydrogens (tertiary/aromatic N) is 2. The highest BCUT2D eigenvalue weighted by atomic mass is 15.2. The molecule has 0 saturated carbocycles. The van der Waals surface area contributed by atoms with Gasteiger partial charge in [0.2, 0.25) is 0 Å². The molecule has 4 rings (SSSR count). The molecule has 0 spiro atoms. The Morgan fingerprint density at radius 1 is 1.04 bits per heavy atom. The number of hydrogen-bond acceptors (Lipinski definition) is 3. The first-order valence-electron chi connectivity index (χ1n) is 8.86. The molecule has 1 aliphatic heterocycles. The lowest BCUT2D eigenvalue weighted by Gasteiger charge is -2.27. The highest BCUT2D eigenvalue weighted by molar-refractivity contribution is 5.82. The molecular formula is C20H24N4. The van der Waals surface area contributed by atoms with Crippen LogP contribution in [0.1, 0.15) is 30.4 Å². The number of anilines is 1. The Hall–Kier alpha value is -2.33. The predicted molar refractivity (Wildman–Crippen MR) is 99.1 cm³/mol. The molecule has 0 unspecified atom stereocenters. The molecule has 4 heteroatoms. The fourth-order valence-electron chi connectivity index (χ4n) is 3.51. The lowest BCUT2D eigenvalue weighted by atomic mass is 10.1. The number of rotatable bonds is 5. The number of H-pyrrole nitrogens is 1. The van der Waals surface area contributed by atoms with Gasteiger partial charge >= 0.3 is 0 Å². The van der Waals surface area contributed by atoms with Crippen LogP contribution >= 0.6 is 0 Å². The van der Waals surface area contributed by atoms with Crippen LogP contribution in [0.3, 0.4) is 0 Å². The molecule has 2 aromatic heterocycles. The molecule has 1 saturated heterocycles. The molecule has 4 nitrogen and oxygen atoms in total. The summed E-state index contributed by atoms with van der Waals surface area (Å²) in [5, 5.41) is 4.87. The van der Waals surface area contributed by atoms with Gasteiger partial charge in [-0.25, -0.2) is 4.98 Å².